The summed E-state index contributed by atoms with van der Waals surface area (Å²) in [5.74, 6) is 2.17. The average molecular weight is 362 g/mol. The maximum atomic E-state index is 10.6. The van der Waals surface area contributed by atoms with Gasteiger partial charge in [0.15, 0.2) is 0 Å². The molecule has 0 saturated carbocycles. The lowest BCUT2D eigenvalue weighted by Crippen LogP contribution is -2.48. The highest BCUT2D eigenvalue weighted by atomic mass is 79.9. The predicted octanol–water partition coefficient (Wildman–Crippen LogP) is 2.18. The van der Waals surface area contributed by atoms with Crippen LogP contribution >= 0.6 is 27.7 Å². The van der Waals surface area contributed by atoms with Gasteiger partial charge in [0.25, 0.3) is 0 Å². The maximum absolute atomic E-state index is 10.6. The van der Waals surface area contributed by atoms with Crippen molar-refractivity contribution in [3.8, 4) is 0 Å². The van der Waals surface area contributed by atoms with Crippen molar-refractivity contribution in [2.24, 2.45) is 0 Å². The molecule has 2 atom stereocenters. The van der Waals surface area contributed by atoms with Gasteiger partial charge in [-0.2, -0.15) is 16.9 Å². The van der Waals surface area contributed by atoms with E-state index in [4.69, 9.17) is 0 Å². The highest BCUT2D eigenvalue weighted by molar-refractivity contribution is 9.10. The molecule has 1 aliphatic heterocycles. The van der Waals surface area contributed by atoms with Crippen molar-refractivity contribution in [1.29, 1.82) is 0 Å². The first-order valence-corrected chi connectivity index (χ1v) is 9.23. The molecule has 0 radical (unpaired) electrons. The SMILES string of the molecule is CCc1nn(CC)c(CC(O)C2CSCCN2C)c1Br. The Morgan fingerprint density at radius 3 is 2.85 bits per heavy atom. The first-order chi connectivity index (χ1) is 9.58. The molecule has 2 rings (SSSR count). The normalized spacial score (nSPS) is 22.1. The molecule has 4 nitrogen and oxygen atoms in total. The van der Waals surface area contributed by atoms with E-state index >= 15 is 0 Å². The van der Waals surface area contributed by atoms with E-state index in [1.807, 2.05) is 16.4 Å². The van der Waals surface area contributed by atoms with Crippen LogP contribution in [0, 0.1) is 0 Å². The smallest absolute Gasteiger partial charge is 0.0766 e. The van der Waals surface area contributed by atoms with E-state index in [-0.39, 0.29) is 12.1 Å². The Balaban J connectivity index is 2.14. The molecule has 1 N–H and O–H groups in total. The summed E-state index contributed by atoms with van der Waals surface area (Å²) in [4.78, 5) is 2.28. The second-order valence-electron chi connectivity index (χ2n) is 5.27. The lowest BCUT2D eigenvalue weighted by atomic mass is 10.1. The average Bonchev–Trinajstić information content (AvgIpc) is 2.75. The molecule has 1 aliphatic rings. The molecule has 1 fully saturated rings. The van der Waals surface area contributed by atoms with Gasteiger partial charge >= 0.3 is 0 Å². The van der Waals surface area contributed by atoms with Crippen LogP contribution < -0.4 is 0 Å². The van der Waals surface area contributed by atoms with Crippen LogP contribution in [0.5, 0.6) is 0 Å². The quantitative estimate of drug-likeness (QED) is 0.872. The molecule has 0 amide bonds. The van der Waals surface area contributed by atoms with Gasteiger partial charge in [-0.3, -0.25) is 9.58 Å². The summed E-state index contributed by atoms with van der Waals surface area (Å²) in [5.41, 5.74) is 2.21. The van der Waals surface area contributed by atoms with Crippen LogP contribution in [0.2, 0.25) is 0 Å². The van der Waals surface area contributed by atoms with Crippen LogP contribution in [-0.4, -0.2) is 57.0 Å². The molecule has 0 aromatic carbocycles. The van der Waals surface area contributed by atoms with Crippen molar-refractivity contribution < 1.29 is 5.11 Å². The van der Waals surface area contributed by atoms with Gasteiger partial charge in [-0.25, -0.2) is 0 Å². The van der Waals surface area contributed by atoms with Crippen LogP contribution in [0.1, 0.15) is 25.2 Å². The van der Waals surface area contributed by atoms with Gasteiger partial charge in [-0.05, 0) is 36.3 Å². The number of likely N-dealkylation sites (N-methyl/N-ethyl adjacent to an activating group) is 1. The van der Waals surface area contributed by atoms with Crippen LogP contribution in [0.4, 0.5) is 0 Å². The Kier molecular flexibility index (Phi) is 5.95. The van der Waals surface area contributed by atoms with E-state index < -0.39 is 0 Å². The number of thioether (sulfide) groups is 1. The molecule has 20 heavy (non-hydrogen) atoms. The molecular weight excluding hydrogens is 338 g/mol. The third kappa shape index (κ3) is 3.40. The molecule has 1 aromatic heterocycles. The molecular formula is C14H24BrN3OS. The lowest BCUT2D eigenvalue weighted by Gasteiger charge is -2.35. The molecule has 1 aromatic rings. The van der Waals surface area contributed by atoms with Crippen molar-refractivity contribution >= 4 is 27.7 Å². The van der Waals surface area contributed by atoms with E-state index in [1.165, 1.54) is 0 Å². The van der Waals surface area contributed by atoms with Gasteiger partial charge in [0.1, 0.15) is 0 Å². The van der Waals surface area contributed by atoms with Crippen LogP contribution in [0.15, 0.2) is 4.47 Å². The number of aryl methyl sites for hydroxylation is 2. The molecule has 2 unspecified atom stereocenters. The van der Waals surface area contributed by atoms with E-state index in [0.717, 1.165) is 46.9 Å². The molecule has 114 valence electrons. The minimum Gasteiger partial charge on any atom is -0.391 e. The number of halogens is 1. The Labute approximate surface area is 134 Å². The fourth-order valence-electron chi connectivity index (χ4n) is 2.66. The predicted molar refractivity (Wildman–Crippen MR) is 88.4 cm³/mol. The number of hydrogen-bond acceptors (Lipinski definition) is 4. The zero-order valence-corrected chi connectivity index (χ0v) is 14.9. The molecule has 0 aliphatic carbocycles. The number of aromatic nitrogens is 2. The zero-order valence-electron chi connectivity index (χ0n) is 12.5. The number of hydrogen-bond donors (Lipinski definition) is 1. The van der Waals surface area contributed by atoms with Gasteiger partial charge in [0.2, 0.25) is 0 Å². The molecule has 0 spiro atoms. The van der Waals surface area contributed by atoms with Gasteiger partial charge in [0.05, 0.1) is 22.0 Å². The summed E-state index contributed by atoms with van der Waals surface area (Å²) in [6.45, 7) is 6.10. The van der Waals surface area contributed by atoms with Crippen molar-refractivity contribution in [3.63, 3.8) is 0 Å². The fraction of sp³-hybridized carbons (Fsp3) is 0.786. The second-order valence-corrected chi connectivity index (χ2v) is 7.21. The largest absolute Gasteiger partial charge is 0.391 e. The van der Waals surface area contributed by atoms with E-state index in [1.54, 1.807) is 0 Å². The maximum Gasteiger partial charge on any atom is 0.0766 e. The third-order valence-electron chi connectivity index (χ3n) is 3.98. The number of aliphatic hydroxyl groups is 1. The summed E-state index contributed by atoms with van der Waals surface area (Å²) in [5, 5.41) is 15.2. The van der Waals surface area contributed by atoms with Gasteiger partial charge in [0, 0.05) is 37.1 Å². The molecule has 1 saturated heterocycles. The highest BCUT2D eigenvalue weighted by Crippen LogP contribution is 2.26. The van der Waals surface area contributed by atoms with Crippen molar-refractivity contribution in [3.05, 3.63) is 15.9 Å². The molecule has 0 bridgehead atoms. The standard InChI is InChI=1S/C14H24BrN3OS/c1-4-10-14(15)11(18(5-2)16-10)8-13(19)12-9-20-7-6-17(12)3/h12-13,19H,4-9H2,1-3H3. The van der Waals surface area contributed by atoms with Crippen LogP contribution in [-0.2, 0) is 19.4 Å². The summed E-state index contributed by atoms with van der Waals surface area (Å²) < 4.78 is 3.09. The summed E-state index contributed by atoms with van der Waals surface area (Å²) in [6.07, 6.45) is 1.24. The minimum atomic E-state index is -0.337. The summed E-state index contributed by atoms with van der Waals surface area (Å²) >= 11 is 5.59. The Morgan fingerprint density at radius 1 is 1.50 bits per heavy atom. The van der Waals surface area contributed by atoms with Crippen molar-refractivity contribution in [2.45, 2.75) is 45.4 Å². The van der Waals surface area contributed by atoms with Crippen LogP contribution in [0.25, 0.3) is 0 Å². The summed E-state index contributed by atoms with van der Waals surface area (Å²) in [7, 11) is 2.11. The minimum absolute atomic E-state index is 0.242. The molecule has 2 heterocycles. The van der Waals surface area contributed by atoms with Gasteiger partial charge in [-0.1, -0.05) is 6.92 Å². The molecule has 6 heteroatoms. The zero-order chi connectivity index (χ0) is 14.7. The van der Waals surface area contributed by atoms with Gasteiger partial charge in [-0.15, -0.1) is 0 Å². The second kappa shape index (κ2) is 7.29. The number of nitrogens with zero attached hydrogens (tertiary/aromatic N) is 3. The van der Waals surface area contributed by atoms with E-state index in [0.29, 0.717) is 6.42 Å². The Morgan fingerprint density at radius 2 is 2.25 bits per heavy atom. The monoisotopic (exact) mass is 361 g/mol. The number of aliphatic hydroxyl groups excluding tert-OH is 1. The highest BCUT2D eigenvalue weighted by Gasteiger charge is 2.28. The topological polar surface area (TPSA) is 41.3 Å². The lowest BCUT2D eigenvalue weighted by molar-refractivity contribution is 0.0746. The first-order valence-electron chi connectivity index (χ1n) is 7.28. The third-order valence-corrected chi connectivity index (χ3v) is 5.95. The van der Waals surface area contributed by atoms with E-state index in [9.17, 15) is 5.11 Å². The van der Waals surface area contributed by atoms with Crippen molar-refractivity contribution in [1.82, 2.24) is 14.7 Å². The van der Waals surface area contributed by atoms with Gasteiger partial charge < -0.3 is 5.11 Å². The van der Waals surface area contributed by atoms with Crippen LogP contribution in [0.3, 0.4) is 0 Å². The summed E-state index contributed by atoms with van der Waals surface area (Å²) in [6, 6.07) is 0.242. The fourth-order valence-corrected chi connectivity index (χ4v) is 4.69. The Hall–Kier alpha value is -0.0400. The first kappa shape index (κ1) is 16.3. The van der Waals surface area contributed by atoms with E-state index in [2.05, 4.69) is 46.8 Å². The Bertz CT molecular complexity index is 452. The van der Waals surface area contributed by atoms with Crippen molar-refractivity contribution in [2.75, 3.05) is 25.1 Å². The number of rotatable bonds is 5.